The maximum atomic E-state index is 13.7. The molecule has 1 saturated carbocycles. The fraction of sp³-hybridized carbons (Fsp3) is 0.385. The molecule has 0 bridgehead atoms. The number of fused-ring (bicyclic) bond motifs is 1. The van der Waals surface area contributed by atoms with Crippen LogP contribution in [0.4, 0.5) is 4.79 Å². The van der Waals surface area contributed by atoms with Crippen LogP contribution in [0, 0.1) is 12.8 Å². The number of aliphatic imine (C=N–C) groups is 3. The maximum absolute atomic E-state index is 13.7. The van der Waals surface area contributed by atoms with E-state index in [1.807, 2.05) is 34.1 Å². The third-order valence-corrected chi connectivity index (χ3v) is 6.29. The normalized spacial score (nSPS) is 19.2. The Bertz CT molecular complexity index is 1140. The highest BCUT2D eigenvalue weighted by Gasteiger charge is 2.31. The van der Waals surface area contributed by atoms with Crippen molar-refractivity contribution in [2.24, 2.45) is 20.9 Å². The minimum absolute atomic E-state index is 0.0204. The van der Waals surface area contributed by atoms with Crippen LogP contribution in [0.2, 0.25) is 0 Å². The van der Waals surface area contributed by atoms with Gasteiger partial charge in [-0.1, -0.05) is 23.8 Å². The van der Waals surface area contributed by atoms with Gasteiger partial charge in [0, 0.05) is 37.7 Å². The summed E-state index contributed by atoms with van der Waals surface area (Å²) in [6.07, 6.45) is 11.1. The number of ether oxygens (including phenoxy) is 1. The van der Waals surface area contributed by atoms with E-state index in [0.717, 1.165) is 46.4 Å². The zero-order valence-corrected chi connectivity index (χ0v) is 19.2. The molecule has 0 aromatic heterocycles. The predicted molar refractivity (Wildman–Crippen MR) is 131 cm³/mol. The van der Waals surface area contributed by atoms with Crippen LogP contribution < -0.4 is 0 Å². The number of rotatable bonds is 7. The topological polar surface area (TPSA) is 69.9 Å². The standard InChI is InChI=1S/C26H29N5O2/c1-18-4-3-5-20(14-18)24-16-27-11-13-31(24)26(32)30(17-19-6-7-19)12-10-25-28-22-9-8-21(33-2)15-23(22)29-25/h3-5,8-9,11,14,16,19H,6-7,10,12-13,15,17H2,1-2H3. The Labute approximate surface area is 194 Å². The SMILES string of the molecule is COC1=CC=C2N=C(CCN(CC3CC3)C(=O)N3CC=NC=C3c3cccc(C)c3)N=C2C1. The first-order valence-electron chi connectivity index (χ1n) is 11.6. The van der Waals surface area contributed by atoms with Crippen LogP contribution in [0.15, 0.2) is 69.1 Å². The van der Waals surface area contributed by atoms with Gasteiger partial charge in [0.1, 0.15) is 11.6 Å². The Morgan fingerprint density at radius 1 is 1.24 bits per heavy atom. The van der Waals surface area contributed by atoms with E-state index in [9.17, 15) is 4.79 Å². The number of amidine groups is 1. The van der Waals surface area contributed by atoms with Crippen molar-refractivity contribution in [3.05, 3.63) is 65.2 Å². The molecule has 2 aliphatic carbocycles. The van der Waals surface area contributed by atoms with Crippen molar-refractivity contribution in [3.63, 3.8) is 0 Å². The van der Waals surface area contributed by atoms with Gasteiger partial charge in [-0.2, -0.15) is 0 Å². The van der Waals surface area contributed by atoms with Gasteiger partial charge in [-0.15, -0.1) is 0 Å². The van der Waals surface area contributed by atoms with Crippen molar-refractivity contribution >= 4 is 29.5 Å². The monoisotopic (exact) mass is 443 g/mol. The van der Waals surface area contributed by atoms with Crippen molar-refractivity contribution in [1.82, 2.24) is 9.80 Å². The number of amides is 2. The molecule has 170 valence electrons. The van der Waals surface area contributed by atoms with E-state index in [2.05, 4.69) is 29.0 Å². The summed E-state index contributed by atoms with van der Waals surface area (Å²) in [5.74, 6) is 2.27. The number of hydrogen-bond donors (Lipinski definition) is 0. The third kappa shape index (κ3) is 4.82. The second-order valence-electron chi connectivity index (χ2n) is 8.90. The molecule has 1 fully saturated rings. The molecule has 0 spiro atoms. The zero-order chi connectivity index (χ0) is 22.8. The van der Waals surface area contributed by atoms with Crippen molar-refractivity contribution in [2.45, 2.75) is 32.6 Å². The molecular formula is C26H29N5O2. The molecule has 2 amide bonds. The summed E-state index contributed by atoms with van der Waals surface area (Å²) in [7, 11) is 1.67. The Kier molecular flexibility index (Phi) is 5.94. The van der Waals surface area contributed by atoms with Crippen LogP contribution in [-0.4, -0.2) is 60.3 Å². The molecule has 0 atom stereocenters. The van der Waals surface area contributed by atoms with Crippen molar-refractivity contribution in [3.8, 4) is 0 Å². The third-order valence-electron chi connectivity index (χ3n) is 6.29. The molecule has 1 aromatic carbocycles. The van der Waals surface area contributed by atoms with Gasteiger partial charge in [0.05, 0.1) is 37.0 Å². The van der Waals surface area contributed by atoms with Crippen molar-refractivity contribution in [2.75, 3.05) is 26.7 Å². The van der Waals surface area contributed by atoms with Gasteiger partial charge in [0.15, 0.2) is 0 Å². The van der Waals surface area contributed by atoms with E-state index >= 15 is 0 Å². The van der Waals surface area contributed by atoms with Crippen LogP contribution in [-0.2, 0) is 4.74 Å². The van der Waals surface area contributed by atoms with Gasteiger partial charge in [-0.25, -0.2) is 14.8 Å². The Morgan fingerprint density at radius 3 is 2.91 bits per heavy atom. The minimum Gasteiger partial charge on any atom is -0.501 e. The summed E-state index contributed by atoms with van der Waals surface area (Å²) in [5.41, 5.74) is 4.87. The van der Waals surface area contributed by atoms with E-state index < -0.39 is 0 Å². The van der Waals surface area contributed by atoms with Crippen LogP contribution in [0.1, 0.15) is 36.8 Å². The summed E-state index contributed by atoms with van der Waals surface area (Å²) in [6.45, 7) is 3.90. The van der Waals surface area contributed by atoms with Crippen molar-refractivity contribution < 1.29 is 9.53 Å². The number of aryl methyl sites for hydroxylation is 1. The lowest BCUT2D eigenvalue weighted by Gasteiger charge is -2.32. The molecule has 0 saturated heterocycles. The molecule has 7 nitrogen and oxygen atoms in total. The van der Waals surface area contributed by atoms with Crippen molar-refractivity contribution in [1.29, 1.82) is 0 Å². The van der Waals surface area contributed by atoms with Gasteiger partial charge in [-0.05, 0) is 43.9 Å². The second-order valence-corrected chi connectivity index (χ2v) is 8.90. The summed E-state index contributed by atoms with van der Waals surface area (Å²) in [4.78, 5) is 31.2. The number of hydrogen-bond acceptors (Lipinski definition) is 5. The lowest BCUT2D eigenvalue weighted by molar-refractivity contribution is 0.175. The van der Waals surface area contributed by atoms with E-state index in [1.54, 1.807) is 19.5 Å². The number of allylic oxidation sites excluding steroid dienone is 4. The molecule has 0 radical (unpaired) electrons. The highest BCUT2D eigenvalue weighted by molar-refractivity contribution is 6.14. The van der Waals surface area contributed by atoms with Crippen LogP contribution in [0.3, 0.4) is 0 Å². The minimum atomic E-state index is 0.0204. The van der Waals surface area contributed by atoms with Crippen LogP contribution in [0.25, 0.3) is 5.70 Å². The number of carbonyl (C=O) groups is 1. The number of carbonyl (C=O) groups excluding carboxylic acids is 1. The number of nitrogens with zero attached hydrogens (tertiary/aromatic N) is 5. The summed E-state index contributed by atoms with van der Waals surface area (Å²) < 4.78 is 5.35. The molecule has 2 aliphatic heterocycles. The first kappa shape index (κ1) is 21.4. The molecule has 7 heteroatoms. The largest absolute Gasteiger partial charge is 0.501 e. The first-order valence-corrected chi connectivity index (χ1v) is 11.6. The second kappa shape index (κ2) is 9.17. The summed E-state index contributed by atoms with van der Waals surface area (Å²) in [5, 5.41) is 0. The van der Waals surface area contributed by atoms with Gasteiger partial charge in [-0.3, -0.25) is 9.89 Å². The fourth-order valence-corrected chi connectivity index (χ4v) is 4.27. The highest BCUT2D eigenvalue weighted by Crippen LogP contribution is 2.31. The average molecular weight is 444 g/mol. The van der Waals surface area contributed by atoms with E-state index in [4.69, 9.17) is 9.73 Å². The maximum Gasteiger partial charge on any atom is 0.324 e. The van der Waals surface area contributed by atoms with Gasteiger partial charge in [0.25, 0.3) is 0 Å². The molecular weight excluding hydrogens is 414 g/mol. The fourth-order valence-electron chi connectivity index (χ4n) is 4.27. The zero-order valence-electron chi connectivity index (χ0n) is 19.2. The van der Waals surface area contributed by atoms with Gasteiger partial charge >= 0.3 is 6.03 Å². The van der Waals surface area contributed by atoms with Crippen LogP contribution in [0.5, 0.6) is 0 Å². The number of benzene rings is 1. The summed E-state index contributed by atoms with van der Waals surface area (Å²) in [6, 6.07) is 8.23. The average Bonchev–Trinajstić information content (AvgIpc) is 3.57. The Hall–Kier alpha value is -3.48. The lowest BCUT2D eigenvalue weighted by atomic mass is 10.1. The van der Waals surface area contributed by atoms with E-state index in [-0.39, 0.29) is 6.03 Å². The Balaban J connectivity index is 1.30. The number of urea groups is 1. The molecule has 1 aromatic rings. The molecule has 0 N–H and O–H groups in total. The molecule has 0 unspecified atom stereocenters. The van der Waals surface area contributed by atoms with Gasteiger partial charge in [0.2, 0.25) is 0 Å². The number of methoxy groups -OCH3 is 1. The smallest absolute Gasteiger partial charge is 0.324 e. The van der Waals surface area contributed by atoms with Gasteiger partial charge < -0.3 is 9.64 Å². The highest BCUT2D eigenvalue weighted by atomic mass is 16.5. The van der Waals surface area contributed by atoms with Crippen LogP contribution >= 0.6 is 0 Å². The van der Waals surface area contributed by atoms with E-state index in [0.29, 0.717) is 31.8 Å². The van der Waals surface area contributed by atoms with E-state index in [1.165, 1.54) is 12.8 Å². The lowest BCUT2D eigenvalue weighted by Crippen LogP contribution is -2.45. The summed E-state index contributed by atoms with van der Waals surface area (Å²) >= 11 is 0. The molecule has 2 heterocycles. The molecule has 5 rings (SSSR count). The molecule has 33 heavy (non-hydrogen) atoms. The quantitative estimate of drug-likeness (QED) is 0.619. The Morgan fingerprint density at radius 2 is 2.12 bits per heavy atom. The molecule has 4 aliphatic rings. The predicted octanol–water partition coefficient (Wildman–Crippen LogP) is 4.57. The first-order chi connectivity index (χ1) is 16.1.